The van der Waals surface area contributed by atoms with E-state index in [-0.39, 0.29) is 57.8 Å². The monoisotopic (exact) mass is 1380 g/mol. The van der Waals surface area contributed by atoms with Crippen LogP contribution < -0.4 is 11.1 Å². The number of benzene rings is 6. The quantitative estimate of drug-likeness (QED) is 0.0295. The van der Waals surface area contributed by atoms with E-state index in [1.807, 2.05) is 0 Å². The van der Waals surface area contributed by atoms with Crippen LogP contribution >= 0.6 is 23.5 Å². The third-order valence-corrected chi connectivity index (χ3v) is 15.5. The number of carbonyl (C=O) groups is 2. The van der Waals surface area contributed by atoms with E-state index >= 15 is 4.79 Å². The molecule has 502 valence electrons. The van der Waals surface area contributed by atoms with Crippen LogP contribution in [0.2, 0.25) is 0 Å². The van der Waals surface area contributed by atoms with Gasteiger partial charge in [0.25, 0.3) is 11.1 Å². The van der Waals surface area contributed by atoms with Crippen molar-refractivity contribution in [3.05, 3.63) is 234 Å². The van der Waals surface area contributed by atoms with Crippen molar-refractivity contribution in [1.82, 2.24) is 38.7 Å². The average molecular weight is 1380 g/mol. The standard InChI is InChI=1S/C37H40F4N4O2S.C36H38F4N4O2S/c1-4-43(5-2)18-19-44(22-26-6-10-28(11-7-26)29-12-14-30(15-13-29)37(39,40)41)34(46)23-45-33-21-25(3)20-32(33)35(47)42-36(45)48-24-27-8-16-31(38)17-9-27;1-3-42(4-2)20-21-43(22-25-8-12-27(13-9-25)28-14-16-29(17-15-28)36(38,39)40)33(45)23-44-32-7-5-6-31(32)34(46)41-35(44)47-24-26-10-18-30(37)19-11-26/h6-17,25H,4-5,18-24H2,1-3H3;8-19H,3-7,20-24H2,1-2H3/i4D2,5D2,6D,7D,8D,9D,10D,11D,12D,13D,14D,15D,16D,17D,20D2,21D2,23D2,24D2,25D;20D2,21D2,23D2,24D2. The zero-order valence-electron chi connectivity index (χ0n) is 83.8. The second-order valence-corrected chi connectivity index (χ2v) is 21.8. The van der Waals surface area contributed by atoms with E-state index in [0.29, 0.717) is 46.0 Å². The van der Waals surface area contributed by atoms with Gasteiger partial charge in [0.15, 0.2) is 10.3 Å². The maximum Gasteiger partial charge on any atom is 0.416 e. The second kappa shape index (κ2) is 32.7. The Hall–Kier alpha value is -7.92. The van der Waals surface area contributed by atoms with E-state index in [4.69, 9.17) is 39.8 Å². The topological polar surface area (TPSA) is 117 Å². The van der Waals surface area contributed by atoms with Gasteiger partial charge in [-0.25, -0.2) is 8.78 Å². The summed E-state index contributed by atoms with van der Waals surface area (Å²) in [6, 6.07) is -1.89. The molecule has 0 saturated carbocycles. The molecular weight excluding hydrogens is 1270 g/mol. The number of carbonyl (C=O) groups excluding carboxylic acids is 2. The van der Waals surface area contributed by atoms with E-state index in [2.05, 4.69) is 9.97 Å². The summed E-state index contributed by atoms with van der Waals surface area (Å²) >= 11 is -0.172. The molecule has 0 fully saturated rings. The minimum Gasteiger partial charge on any atom is -0.336 e. The molecule has 1 atom stereocenters. The number of fused-ring (bicyclic) bond motifs is 2. The molecule has 2 amide bonds. The molecule has 8 aromatic rings. The fraction of sp³-hybridized carbons (Fsp3) is 0.370. The Morgan fingerprint density at radius 2 is 1.06 bits per heavy atom. The number of hydrogen-bond acceptors (Lipinski definition) is 10. The first-order chi connectivity index (χ1) is 58.2. The average Bonchev–Trinajstić information content (AvgIpc) is 1.51. The van der Waals surface area contributed by atoms with Gasteiger partial charge < -0.3 is 28.7 Å². The third-order valence-electron chi connectivity index (χ3n) is 13.9. The fourth-order valence-electron chi connectivity index (χ4n) is 9.03. The number of nitrogens with zero attached hydrogens (tertiary/aromatic N) is 8. The highest BCUT2D eigenvalue weighted by Crippen LogP contribution is 2.35. The van der Waals surface area contributed by atoms with E-state index < -0.39 is 281 Å². The van der Waals surface area contributed by atoms with Gasteiger partial charge in [-0.15, -0.1) is 0 Å². The Labute approximate surface area is 603 Å². The first-order valence-electron chi connectivity index (χ1n) is 45.2. The molecule has 2 aliphatic rings. The van der Waals surface area contributed by atoms with E-state index in [1.54, 1.807) is 13.8 Å². The minimum absolute atomic E-state index is 0.0240. The number of alkyl halides is 6. The second-order valence-electron chi connectivity index (χ2n) is 20.3. The van der Waals surface area contributed by atoms with Crippen LogP contribution in [0.15, 0.2) is 165 Å². The molecule has 0 spiro atoms. The van der Waals surface area contributed by atoms with Gasteiger partial charge in [0.2, 0.25) is 11.8 Å². The molecule has 2 aliphatic carbocycles. The molecule has 10 rings (SSSR count). The van der Waals surface area contributed by atoms with Gasteiger partial charge in [0.05, 0.1) is 35.8 Å². The van der Waals surface area contributed by atoms with Crippen molar-refractivity contribution >= 4 is 35.3 Å². The van der Waals surface area contributed by atoms with E-state index in [0.717, 1.165) is 47.6 Å². The van der Waals surface area contributed by atoms with Gasteiger partial charge in [-0.2, -0.15) is 36.3 Å². The Bertz CT molecular complexity index is 5700. The first-order valence-corrected chi connectivity index (χ1v) is 30.3. The van der Waals surface area contributed by atoms with Gasteiger partial charge in [-0.1, -0.05) is 155 Å². The van der Waals surface area contributed by atoms with Crippen molar-refractivity contribution in [3.8, 4) is 22.3 Å². The molecule has 12 nitrogen and oxygen atoms in total. The summed E-state index contributed by atoms with van der Waals surface area (Å²) in [7, 11) is 0. The van der Waals surface area contributed by atoms with Crippen LogP contribution in [-0.4, -0.2) is 103 Å². The highest BCUT2D eigenvalue weighted by molar-refractivity contribution is 7.98. The van der Waals surface area contributed by atoms with Crippen molar-refractivity contribution in [3.63, 3.8) is 0 Å². The van der Waals surface area contributed by atoms with Crippen LogP contribution in [0.1, 0.15) is 142 Å². The molecule has 2 aromatic heterocycles. The van der Waals surface area contributed by atoms with Crippen LogP contribution in [0.3, 0.4) is 0 Å². The van der Waals surface area contributed by atoms with Crippen LogP contribution in [0, 0.1) is 17.5 Å². The number of halogens is 8. The number of likely N-dealkylation sites (N-methyl/N-ethyl adjacent to an activating group) is 2. The molecule has 0 N–H and O–H groups in total. The van der Waals surface area contributed by atoms with Gasteiger partial charge in [-0.05, 0) is 157 Å². The lowest BCUT2D eigenvalue weighted by Crippen LogP contribution is -2.40. The number of amides is 2. The normalized spacial score (nSPS) is 21.7. The Morgan fingerprint density at radius 3 is 1.63 bits per heavy atom. The molecule has 0 aliphatic heterocycles. The number of aromatic nitrogens is 4. The van der Waals surface area contributed by atoms with E-state index in [9.17, 15) is 55.0 Å². The zero-order chi connectivity index (χ0) is 97.3. The lowest BCUT2D eigenvalue weighted by atomic mass is 10.0. The molecule has 0 radical (unpaired) electrons. The van der Waals surface area contributed by atoms with Crippen LogP contribution in [0.5, 0.6) is 0 Å². The van der Waals surface area contributed by atoms with Gasteiger partial charge in [0, 0.05) is 93.7 Å². The summed E-state index contributed by atoms with van der Waals surface area (Å²) in [4.78, 5) is 66.8. The molecular formula is C73H78F8N8O4S2. The molecule has 0 saturated heterocycles. The Balaban J connectivity index is 0.000000300. The summed E-state index contributed by atoms with van der Waals surface area (Å²) in [5.74, 6) is -9.10. The molecule has 22 heteroatoms. The molecule has 1 unspecified atom stereocenters. The summed E-state index contributed by atoms with van der Waals surface area (Å²) in [6.07, 6.45) is -16.3. The molecule has 6 aromatic carbocycles. The van der Waals surface area contributed by atoms with Crippen molar-refractivity contribution in [2.75, 3.05) is 52.2 Å². The Kier molecular flexibility index (Phi) is 13.5. The van der Waals surface area contributed by atoms with Crippen molar-refractivity contribution in [2.45, 2.75) is 127 Å². The lowest BCUT2D eigenvalue weighted by molar-refractivity contribution is -0.138. The van der Waals surface area contributed by atoms with Crippen molar-refractivity contribution in [2.24, 2.45) is 5.89 Å². The summed E-state index contributed by atoms with van der Waals surface area (Å²) in [6.45, 7) is -17.3. The predicted octanol–water partition coefficient (Wildman–Crippen LogP) is 14.7. The molecule has 0 bridgehead atoms. The van der Waals surface area contributed by atoms with Crippen LogP contribution in [0.25, 0.3) is 22.3 Å². The third kappa shape index (κ3) is 19.2. The Morgan fingerprint density at radius 1 is 0.558 bits per heavy atom. The fourth-order valence-corrected chi connectivity index (χ4v) is 10.4. The number of hydrogen-bond donors (Lipinski definition) is 0. The molecule has 2 heterocycles. The highest BCUT2D eigenvalue weighted by atomic mass is 32.2. The van der Waals surface area contributed by atoms with Crippen LogP contribution in [0.4, 0.5) is 35.1 Å². The maximum atomic E-state index is 15.2. The number of rotatable bonds is 26. The van der Waals surface area contributed by atoms with Gasteiger partial charge >= 0.3 is 12.4 Å². The summed E-state index contributed by atoms with van der Waals surface area (Å²) < 4.78 is 396. The van der Waals surface area contributed by atoms with Crippen molar-refractivity contribution in [1.29, 1.82) is 0 Å². The van der Waals surface area contributed by atoms with Gasteiger partial charge in [-0.3, -0.25) is 19.2 Å². The van der Waals surface area contributed by atoms with Crippen LogP contribution in [-0.2, 0) is 85.0 Å². The van der Waals surface area contributed by atoms with E-state index in [1.165, 1.54) is 48.5 Å². The number of thioether (sulfide) groups is 2. The van der Waals surface area contributed by atoms with Gasteiger partial charge in [0.1, 0.15) is 24.6 Å². The maximum absolute atomic E-state index is 15.2. The first kappa shape index (κ1) is 39.3. The molecule has 95 heavy (non-hydrogen) atoms. The zero-order valence-corrected chi connectivity index (χ0v) is 52.5. The SMILES string of the molecule is [2H]C([2H])(Sc1nc(=O)c2c(n1C([2H])([2H])C(=O)N(Cc1ccc(-c3ccc(C(F)(F)F)cc3)cc1)C([2H])([2H])C([2H])([2H])N(CC)CC)CCC2)c1ccc(F)cc1.[2H]c1c([2H])c(C([2H])([2H])Sc2nc(=O)c3c(n2C([2H])([2H])C(=O)N(CCN(C([2H])([2H])C)C([2H])([2H])C)Cc2c([2H])c([2H])c(-c4c([2H])c([2H])c(C(F)(F)F)c([2H])c4[2H])c([2H])c2[2H])C([2H])([2H])C([2H])(C)C3([2H])[2H])c([2H])c([2H])c1F. The summed E-state index contributed by atoms with van der Waals surface area (Å²) in [5, 5.41) is -1.96. The lowest BCUT2D eigenvalue weighted by Gasteiger charge is -2.28. The highest BCUT2D eigenvalue weighted by Gasteiger charge is 2.33. The predicted molar refractivity (Wildman–Crippen MR) is 358 cm³/mol. The smallest absolute Gasteiger partial charge is 0.336 e. The largest absolute Gasteiger partial charge is 0.416 e. The summed E-state index contributed by atoms with van der Waals surface area (Å²) in [5.41, 5.74) is -17.3. The van der Waals surface area contributed by atoms with Crippen molar-refractivity contribution < 1.29 is 89.9 Å². The minimum atomic E-state index is -5.44.